The highest BCUT2D eigenvalue weighted by Crippen LogP contribution is 2.28. The number of amides is 1. The van der Waals surface area contributed by atoms with Crippen LogP contribution in [0.25, 0.3) is 22.6 Å². The Hall–Kier alpha value is -3.61. The number of nitrogens with zero attached hydrogens (tertiary/aromatic N) is 5. The number of anilines is 1. The number of hydrogen-bond acceptors (Lipinski definition) is 5. The maximum absolute atomic E-state index is 12.8. The van der Waals surface area contributed by atoms with E-state index < -0.39 is 0 Å². The van der Waals surface area contributed by atoms with Crippen LogP contribution in [-0.4, -0.2) is 30.9 Å². The van der Waals surface area contributed by atoms with Crippen LogP contribution >= 0.6 is 0 Å². The summed E-state index contributed by atoms with van der Waals surface area (Å²) in [5.41, 5.74) is 3.09. The molecule has 0 saturated heterocycles. The van der Waals surface area contributed by atoms with Gasteiger partial charge in [0.2, 0.25) is 5.91 Å². The van der Waals surface area contributed by atoms with Gasteiger partial charge in [0.25, 0.3) is 0 Å². The first-order valence-electron chi connectivity index (χ1n) is 10.3. The molecule has 150 valence electrons. The lowest BCUT2D eigenvalue weighted by Crippen LogP contribution is -2.21. The van der Waals surface area contributed by atoms with Crippen molar-refractivity contribution in [2.75, 3.05) is 5.32 Å². The minimum Gasteiger partial charge on any atom is -0.308 e. The predicted octanol–water partition coefficient (Wildman–Crippen LogP) is 4.07. The molecule has 30 heavy (non-hydrogen) atoms. The molecule has 1 amide bonds. The molecule has 1 fully saturated rings. The number of rotatable bonds is 5. The molecule has 1 N–H and O–H groups in total. The van der Waals surface area contributed by atoms with E-state index in [2.05, 4.69) is 20.6 Å². The standard InChI is InChI=1S/C23H22N6O/c30-23(18-13-7-8-14-18)26-21-19-22(25-20(24-21)17-11-5-2-6-12-17)29(28-27-19)15-16-9-3-1-4-10-16/h1-6,9-12,18H,7-8,13-15H2,(H,24,25,26,30). The van der Waals surface area contributed by atoms with Crippen molar-refractivity contribution in [2.45, 2.75) is 32.2 Å². The van der Waals surface area contributed by atoms with Crippen molar-refractivity contribution in [3.05, 3.63) is 66.2 Å². The number of fused-ring (bicyclic) bond motifs is 1. The van der Waals surface area contributed by atoms with Crippen molar-refractivity contribution < 1.29 is 4.79 Å². The molecule has 2 aromatic heterocycles. The van der Waals surface area contributed by atoms with Crippen LogP contribution in [0.15, 0.2) is 60.7 Å². The second-order valence-corrected chi connectivity index (χ2v) is 7.64. The van der Waals surface area contributed by atoms with E-state index >= 15 is 0 Å². The smallest absolute Gasteiger partial charge is 0.228 e. The Balaban J connectivity index is 1.58. The summed E-state index contributed by atoms with van der Waals surface area (Å²) in [5, 5.41) is 11.6. The quantitative estimate of drug-likeness (QED) is 0.548. The SMILES string of the molecule is O=C(Nc1nc(-c2ccccc2)nc2c1nnn2Cc1ccccc1)C1CCCC1. The highest BCUT2D eigenvalue weighted by atomic mass is 16.2. The molecule has 1 saturated carbocycles. The summed E-state index contributed by atoms with van der Waals surface area (Å²) in [4.78, 5) is 22.2. The fraction of sp³-hybridized carbons (Fsp3) is 0.261. The molecule has 7 nitrogen and oxygen atoms in total. The Labute approximate surface area is 174 Å². The van der Waals surface area contributed by atoms with E-state index in [1.165, 1.54) is 0 Å². The largest absolute Gasteiger partial charge is 0.308 e. The van der Waals surface area contributed by atoms with Crippen molar-refractivity contribution in [1.29, 1.82) is 0 Å². The molecule has 0 atom stereocenters. The van der Waals surface area contributed by atoms with Gasteiger partial charge in [-0.3, -0.25) is 4.79 Å². The normalized spacial score (nSPS) is 14.3. The van der Waals surface area contributed by atoms with Crippen molar-refractivity contribution in [2.24, 2.45) is 5.92 Å². The topological polar surface area (TPSA) is 85.6 Å². The van der Waals surface area contributed by atoms with Crippen LogP contribution in [0.4, 0.5) is 5.82 Å². The first kappa shape index (κ1) is 18.4. The van der Waals surface area contributed by atoms with Crippen molar-refractivity contribution in [3.8, 4) is 11.4 Å². The molecule has 0 spiro atoms. The van der Waals surface area contributed by atoms with Crippen LogP contribution in [0.1, 0.15) is 31.2 Å². The van der Waals surface area contributed by atoms with Gasteiger partial charge < -0.3 is 5.32 Å². The summed E-state index contributed by atoms with van der Waals surface area (Å²) in [5.74, 6) is 1.01. The van der Waals surface area contributed by atoms with Crippen molar-refractivity contribution in [1.82, 2.24) is 25.0 Å². The molecular weight excluding hydrogens is 376 g/mol. The molecular formula is C23H22N6O. The zero-order chi connectivity index (χ0) is 20.3. The van der Waals surface area contributed by atoms with Gasteiger partial charge in [0.15, 0.2) is 22.8 Å². The zero-order valence-corrected chi connectivity index (χ0v) is 16.5. The summed E-state index contributed by atoms with van der Waals surface area (Å²) >= 11 is 0. The highest BCUT2D eigenvalue weighted by molar-refractivity contribution is 5.98. The Morgan fingerprint density at radius 3 is 2.40 bits per heavy atom. The molecule has 0 aliphatic heterocycles. The van der Waals surface area contributed by atoms with Gasteiger partial charge in [-0.2, -0.15) is 0 Å². The molecule has 7 heteroatoms. The Morgan fingerprint density at radius 1 is 0.967 bits per heavy atom. The van der Waals surface area contributed by atoms with Gasteiger partial charge in [0.1, 0.15) is 0 Å². The van der Waals surface area contributed by atoms with Gasteiger partial charge in [-0.25, -0.2) is 14.6 Å². The Bertz CT molecular complexity index is 1170. The lowest BCUT2D eigenvalue weighted by Gasteiger charge is -2.11. The predicted molar refractivity (Wildman–Crippen MR) is 115 cm³/mol. The first-order valence-corrected chi connectivity index (χ1v) is 10.3. The number of aromatic nitrogens is 5. The number of nitrogens with one attached hydrogen (secondary N) is 1. The molecule has 5 rings (SSSR count). The minimum absolute atomic E-state index is 0.00382. The van der Waals surface area contributed by atoms with E-state index in [1.54, 1.807) is 4.68 Å². The highest BCUT2D eigenvalue weighted by Gasteiger charge is 2.25. The van der Waals surface area contributed by atoms with Crippen LogP contribution in [-0.2, 0) is 11.3 Å². The molecule has 0 unspecified atom stereocenters. The molecule has 1 aliphatic rings. The van der Waals surface area contributed by atoms with Gasteiger partial charge in [0, 0.05) is 11.5 Å². The van der Waals surface area contributed by atoms with Crippen LogP contribution in [0.5, 0.6) is 0 Å². The van der Waals surface area contributed by atoms with Crippen LogP contribution < -0.4 is 5.32 Å². The Morgan fingerprint density at radius 2 is 1.67 bits per heavy atom. The van der Waals surface area contributed by atoms with E-state index in [0.717, 1.165) is 36.8 Å². The second kappa shape index (κ2) is 8.02. The van der Waals surface area contributed by atoms with E-state index in [-0.39, 0.29) is 11.8 Å². The van der Waals surface area contributed by atoms with E-state index in [0.29, 0.717) is 29.4 Å². The fourth-order valence-electron chi connectivity index (χ4n) is 3.93. The molecule has 0 radical (unpaired) electrons. The van der Waals surface area contributed by atoms with Crippen molar-refractivity contribution in [3.63, 3.8) is 0 Å². The lowest BCUT2D eigenvalue weighted by atomic mass is 10.1. The van der Waals surface area contributed by atoms with E-state index in [1.807, 2.05) is 60.7 Å². The van der Waals surface area contributed by atoms with E-state index in [9.17, 15) is 4.79 Å². The maximum Gasteiger partial charge on any atom is 0.228 e. The number of carbonyl (C=O) groups is 1. The van der Waals surface area contributed by atoms with Gasteiger partial charge >= 0.3 is 0 Å². The van der Waals surface area contributed by atoms with Crippen LogP contribution in [0, 0.1) is 5.92 Å². The first-order chi connectivity index (χ1) is 14.8. The third-order valence-electron chi connectivity index (χ3n) is 5.54. The van der Waals surface area contributed by atoms with E-state index in [4.69, 9.17) is 4.98 Å². The van der Waals surface area contributed by atoms with Crippen LogP contribution in [0.2, 0.25) is 0 Å². The second-order valence-electron chi connectivity index (χ2n) is 7.64. The third kappa shape index (κ3) is 3.66. The number of hydrogen-bond donors (Lipinski definition) is 1. The summed E-state index contributed by atoms with van der Waals surface area (Å²) in [6.07, 6.45) is 4.04. The minimum atomic E-state index is 0.00382. The molecule has 2 aromatic carbocycles. The average Bonchev–Trinajstić information content (AvgIpc) is 3.46. The number of carbonyl (C=O) groups excluding carboxylic acids is 1. The van der Waals surface area contributed by atoms with Crippen molar-refractivity contribution >= 4 is 22.9 Å². The van der Waals surface area contributed by atoms with Gasteiger partial charge in [-0.05, 0) is 18.4 Å². The summed E-state index contributed by atoms with van der Waals surface area (Å²) < 4.78 is 1.75. The fourth-order valence-corrected chi connectivity index (χ4v) is 3.93. The molecule has 0 bridgehead atoms. The molecule has 4 aromatic rings. The zero-order valence-electron chi connectivity index (χ0n) is 16.5. The summed E-state index contributed by atoms with van der Waals surface area (Å²) in [6, 6.07) is 19.8. The van der Waals surface area contributed by atoms with Gasteiger partial charge in [0.05, 0.1) is 6.54 Å². The van der Waals surface area contributed by atoms with Gasteiger partial charge in [-0.1, -0.05) is 78.7 Å². The lowest BCUT2D eigenvalue weighted by molar-refractivity contribution is -0.119. The third-order valence-corrected chi connectivity index (χ3v) is 5.54. The monoisotopic (exact) mass is 398 g/mol. The maximum atomic E-state index is 12.8. The Kier molecular flexibility index (Phi) is 4.93. The molecule has 1 aliphatic carbocycles. The number of benzene rings is 2. The van der Waals surface area contributed by atoms with Crippen LogP contribution in [0.3, 0.4) is 0 Å². The summed E-state index contributed by atoms with van der Waals surface area (Å²) in [6.45, 7) is 0.540. The van der Waals surface area contributed by atoms with Gasteiger partial charge in [-0.15, -0.1) is 5.10 Å². The average molecular weight is 398 g/mol. The summed E-state index contributed by atoms with van der Waals surface area (Å²) in [7, 11) is 0. The molecule has 2 heterocycles.